The number of halogens is 1. The van der Waals surface area contributed by atoms with Crippen LogP contribution in [0.5, 0.6) is 0 Å². The Hall–Kier alpha value is -1.11. The zero-order valence-electron chi connectivity index (χ0n) is 8.07. The van der Waals surface area contributed by atoms with Crippen LogP contribution in [0.4, 0.5) is 0 Å². The van der Waals surface area contributed by atoms with Crippen LogP contribution in [-0.2, 0) is 11.3 Å². The Labute approximate surface area is 90.1 Å². The van der Waals surface area contributed by atoms with Crippen molar-refractivity contribution in [3.63, 3.8) is 0 Å². The van der Waals surface area contributed by atoms with E-state index in [9.17, 15) is 9.59 Å². The van der Waals surface area contributed by atoms with E-state index >= 15 is 0 Å². The first-order chi connectivity index (χ1) is 7.04. The van der Waals surface area contributed by atoms with Gasteiger partial charge >= 0.3 is 5.69 Å². The highest BCUT2D eigenvalue weighted by molar-refractivity contribution is 6.30. The third kappa shape index (κ3) is 3.19. The Morgan fingerprint density at radius 1 is 1.67 bits per heavy atom. The molecule has 0 spiro atoms. The third-order valence-corrected chi connectivity index (χ3v) is 2.13. The van der Waals surface area contributed by atoms with E-state index in [2.05, 4.69) is 4.74 Å². The molecular weight excluding hydrogens is 224 g/mol. The van der Waals surface area contributed by atoms with Crippen LogP contribution in [0.3, 0.4) is 0 Å². The van der Waals surface area contributed by atoms with Crippen LogP contribution in [0.25, 0.3) is 0 Å². The molecule has 0 aliphatic heterocycles. The molecule has 1 rings (SSSR count). The maximum absolute atomic E-state index is 11.2. The van der Waals surface area contributed by atoms with Crippen molar-refractivity contribution in [2.45, 2.75) is 19.3 Å². The van der Waals surface area contributed by atoms with Crippen molar-refractivity contribution >= 4 is 11.6 Å². The monoisotopic (exact) mass is 234 g/mol. The van der Waals surface area contributed by atoms with E-state index in [4.69, 9.17) is 16.7 Å². The molecule has 15 heavy (non-hydrogen) atoms. The SMILES string of the molecule is CO[C@H](O)CCn1cc(Cl)c(=O)[nH]c1=O. The number of aliphatic hydroxyl groups excluding tert-OH is 1. The lowest BCUT2D eigenvalue weighted by atomic mass is 10.4. The van der Waals surface area contributed by atoms with Gasteiger partial charge in [-0.25, -0.2) is 4.79 Å². The maximum atomic E-state index is 11.2. The summed E-state index contributed by atoms with van der Waals surface area (Å²) in [7, 11) is 1.35. The smallest absolute Gasteiger partial charge is 0.328 e. The van der Waals surface area contributed by atoms with Crippen LogP contribution in [0, 0.1) is 0 Å². The highest BCUT2D eigenvalue weighted by Crippen LogP contribution is 1.99. The minimum atomic E-state index is -0.942. The Kier molecular flexibility index (Phi) is 4.07. The number of hydrogen-bond acceptors (Lipinski definition) is 4. The first-order valence-electron chi connectivity index (χ1n) is 4.24. The third-order valence-electron chi connectivity index (χ3n) is 1.86. The lowest BCUT2D eigenvalue weighted by molar-refractivity contribution is -0.0804. The number of hydrogen-bond donors (Lipinski definition) is 2. The molecule has 1 aromatic heterocycles. The fraction of sp³-hybridized carbons (Fsp3) is 0.500. The van der Waals surface area contributed by atoms with Crippen LogP contribution in [0.15, 0.2) is 15.8 Å². The van der Waals surface area contributed by atoms with E-state index in [1.165, 1.54) is 17.9 Å². The lowest BCUT2D eigenvalue weighted by Crippen LogP contribution is -2.30. The number of H-pyrrole nitrogens is 1. The molecular formula is C8H11ClN2O4. The van der Waals surface area contributed by atoms with Crippen LogP contribution in [0.2, 0.25) is 5.02 Å². The molecule has 6 nitrogen and oxygen atoms in total. The molecule has 2 N–H and O–H groups in total. The average molecular weight is 235 g/mol. The van der Waals surface area contributed by atoms with Gasteiger partial charge in [-0.05, 0) is 0 Å². The van der Waals surface area contributed by atoms with E-state index in [0.717, 1.165) is 0 Å². The minimum Gasteiger partial charge on any atom is -0.368 e. The first-order valence-corrected chi connectivity index (χ1v) is 4.62. The lowest BCUT2D eigenvalue weighted by Gasteiger charge is -2.09. The second-order valence-corrected chi connectivity index (χ2v) is 3.32. The fourth-order valence-corrected chi connectivity index (χ4v) is 1.18. The summed E-state index contributed by atoms with van der Waals surface area (Å²) >= 11 is 5.54. The fourth-order valence-electron chi connectivity index (χ4n) is 1.02. The predicted molar refractivity (Wildman–Crippen MR) is 54.0 cm³/mol. The van der Waals surface area contributed by atoms with Crippen molar-refractivity contribution in [2.24, 2.45) is 0 Å². The van der Waals surface area contributed by atoms with Gasteiger partial charge in [0.15, 0.2) is 6.29 Å². The molecule has 0 aliphatic rings. The Morgan fingerprint density at radius 2 is 2.33 bits per heavy atom. The van der Waals surface area contributed by atoms with Crippen LogP contribution >= 0.6 is 11.6 Å². The van der Waals surface area contributed by atoms with Crippen LogP contribution < -0.4 is 11.2 Å². The molecule has 0 radical (unpaired) electrons. The van der Waals surface area contributed by atoms with Crippen molar-refractivity contribution in [3.8, 4) is 0 Å². The predicted octanol–water partition coefficient (Wildman–Crippen LogP) is -0.455. The average Bonchev–Trinajstić information content (AvgIpc) is 2.21. The summed E-state index contributed by atoms with van der Waals surface area (Å²) in [5.41, 5.74) is -1.18. The van der Waals surface area contributed by atoms with E-state index in [1.807, 2.05) is 4.98 Å². The number of aliphatic hydroxyl groups is 1. The largest absolute Gasteiger partial charge is 0.368 e. The topological polar surface area (TPSA) is 84.3 Å². The molecule has 1 heterocycles. The minimum absolute atomic E-state index is 0.0680. The molecule has 84 valence electrons. The number of aromatic nitrogens is 2. The molecule has 1 atom stereocenters. The van der Waals surface area contributed by atoms with Crippen molar-refractivity contribution in [1.82, 2.24) is 9.55 Å². The molecule has 0 bridgehead atoms. The molecule has 7 heteroatoms. The van der Waals surface area contributed by atoms with Crippen molar-refractivity contribution in [1.29, 1.82) is 0 Å². The zero-order chi connectivity index (χ0) is 11.4. The summed E-state index contributed by atoms with van der Waals surface area (Å²) in [5, 5.41) is 9.02. The summed E-state index contributed by atoms with van der Waals surface area (Å²) in [6.07, 6.45) is 0.520. The Bertz CT molecular complexity index is 439. The number of aryl methyl sites for hydroxylation is 1. The maximum Gasteiger partial charge on any atom is 0.328 e. The summed E-state index contributed by atoms with van der Waals surface area (Å²) in [5.74, 6) is 0. The quantitative estimate of drug-likeness (QED) is 0.691. The van der Waals surface area contributed by atoms with Crippen molar-refractivity contribution in [2.75, 3.05) is 7.11 Å². The van der Waals surface area contributed by atoms with Gasteiger partial charge in [0.05, 0.1) is 0 Å². The van der Waals surface area contributed by atoms with E-state index in [-0.39, 0.29) is 18.0 Å². The normalized spacial score (nSPS) is 12.7. The van der Waals surface area contributed by atoms with Gasteiger partial charge in [0, 0.05) is 26.3 Å². The van der Waals surface area contributed by atoms with Gasteiger partial charge in [-0.3, -0.25) is 14.3 Å². The van der Waals surface area contributed by atoms with Crippen LogP contribution in [0.1, 0.15) is 6.42 Å². The van der Waals surface area contributed by atoms with Crippen LogP contribution in [-0.4, -0.2) is 28.1 Å². The number of nitrogens with zero attached hydrogens (tertiary/aromatic N) is 1. The van der Waals surface area contributed by atoms with Gasteiger partial charge in [-0.2, -0.15) is 0 Å². The number of rotatable bonds is 4. The van der Waals surface area contributed by atoms with Gasteiger partial charge in [-0.15, -0.1) is 0 Å². The molecule has 0 saturated heterocycles. The van der Waals surface area contributed by atoms with Gasteiger partial charge < -0.3 is 9.84 Å². The highest BCUT2D eigenvalue weighted by Gasteiger charge is 2.05. The first kappa shape index (κ1) is 12.0. The van der Waals surface area contributed by atoms with E-state index in [0.29, 0.717) is 0 Å². The Morgan fingerprint density at radius 3 is 2.93 bits per heavy atom. The summed E-state index contributed by atoms with van der Waals surface area (Å²) in [6.45, 7) is 0.213. The summed E-state index contributed by atoms with van der Waals surface area (Å²) < 4.78 is 5.80. The molecule has 0 aromatic carbocycles. The van der Waals surface area contributed by atoms with Gasteiger partial charge in [-0.1, -0.05) is 11.6 Å². The number of aromatic amines is 1. The number of nitrogens with one attached hydrogen (secondary N) is 1. The second-order valence-electron chi connectivity index (χ2n) is 2.91. The number of methoxy groups -OCH3 is 1. The second kappa shape index (κ2) is 5.11. The molecule has 1 aromatic rings. The standard InChI is InChI=1S/C8H11ClN2O4/c1-15-6(12)2-3-11-4-5(9)7(13)10-8(11)14/h4,6,12H,2-3H2,1H3,(H,10,13,14)/t6-/m0/s1. The molecule has 0 unspecified atom stereocenters. The van der Waals surface area contributed by atoms with Crippen molar-refractivity contribution in [3.05, 3.63) is 32.1 Å². The molecule has 0 fully saturated rings. The molecule has 0 amide bonds. The number of ether oxygens (including phenoxy) is 1. The molecule has 0 aliphatic carbocycles. The van der Waals surface area contributed by atoms with E-state index in [1.54, 1.807) is 0 Å². The zero-order valence-corrected chi connectivity index (χ0v) is 8.82. The van der Waals surface area contributed by atoms with Crippen molar-refractivity contribution < 1.29 is 9.84 Å². The van der Waals surface area contributed by atoms with Gasteiger partial charge in [0.2, 0.25) is 0 Å². The summed E-state index contributed by atoms with van der Waals surface area (Å²) in [6, 6.07) is 0. The summed E-state index contributed by atoms with van der Waals surface area (Å²) in [4.78, 5) is 24.2. The Balaban J connectivity index is 2.82. The van der Waals surface area contributed by atoms with Gasteiger partial charge in [0.1, 0.15) is 5.02 Å². The van der Waals surface area contributed by atoms with Gasteiger partial charge in [0.25, 0.3) is 5.56 Å². The van der Waals surface area contributed by atoms with E-state index < -0.39 is 17.5 Å². The molecule has 0 saturated carbocycles. The highest BCUT2D eigenvalue weighted by atomic mass is 35.5.